The van der Waals surface area contributed by atoms with Crippen molar-refractivity contribution in [3.8, 4) is 0 Å². The summed E-state index contributed by atoms with van der Waals surface area (Å²) in [6.45, 7) is 8.47. The SMILES string of the molecule is C=CCNC(=NCc1nnc(C)n1C)NC1CCN(c2ncccc2Cl)C1. The second-order valence-electron chi connectivity index (χ2n) is 6.44. The van der Waals surface area contributed by atoms with Gasteiger partial charge in [-0.2, -0.15) is 0 Å². The number of aryl methyl sites for hydroxylation is 1. The molecule has 1 aliphatic heterocycles. The van der Waals surface area contributed by atoms with Crippen LogP contribution < -0.4 is 15.5 Å². The highest BCUT2D eigenvalue weighted by molar-refractivity contribution is 6.32. The van der Waals surface area contributed by atoms with E-state index in [0.29, 0.717) is 18.1 Å². The van der Waals surface area contributed by atoms with Gasteiger partial charge in [0.05, 0.1) is 5.02 Å². The number of nitrogens with one attached hydrogen (secondary N) is 2. The van der Waals surface area contributed by atoms with Gasteiger partial charge >= 0.3 is 0 Å². The zero-order chi connectivity index (χ0) is 19.2. The summed E-state index contributed by atoms with van der Waals surface area (Å²) in [5.74, 6) is 3.25. The minimum Gasteiger partial charge on any atom is -0.353 e. The third-order valence-electron chi connectivity index (χ3n) is 4.54. The van der Waals surface area contributed by atoms with Crippen molar-refractivity contribution in [2.24, 2.45) is 12.0 Å². The Morgan fingerprint density at radius 2 is 2.33 bits per heavy atom. The van der Waals surface area contributed by atoms with E-state index in [1.807, 2.05) is 30.7 Å². The highest BCUT2D eigenvalue weighted by Crippen LogP contribution is 2.25. The van der Waals surface area contributed by atoms with Crippen LogP contribution in [0.4, 0.5) is 5.82 Å². The average Bonchev–Trinajstić information content (AvgIpc) is 3.25. The third kappa shape index (κ3) is 4.77. The maximum absolute atomic E-state index is 6.27. The molecule has 3 rings (SSSR count). The molecule has 2 N–H and O–H groups in total. The number of hydrogen-bond acceptors (Lipinski definition) is 5. The van der Waals surface area contributed by atoms with E-state index in [-0.39, 0.29) is 6.04 Å². The smallest absolute Gasteiger partial charge is 0.192 e. The van der Waals surface area contributed by atoms with Gasteiger partial charge in [0.2, 0.25) is 0 Å². The van der Waals surface area contributed by atoms with Crippen molar-refractivity contribution in [1.82, 2.24) is 30.4 Å². The van der Waals surface area contributed by atoms with E-state index in [9.17, 15) is 0 Å². The topological polar surface area (TPSA) is 83.3 Å². The van der Waals surface area contributed by atoms with Crippen molar-refractivity contribution in [3.63, 3.8) is 0 Å². The Morgan fingerprint density at radius 1 is 1.48 bits per heavy atom. The zero-order valence-corrected chi connectivity index (χ0v) is 16.4. The molecule has 144 valence electrons. The summed E-state index contributed by atoms with van der Waals surface area (Å²) < 4.78 is 1.94. The van der Waals surface area contributed by atoms with Crippen molar-refractivity contribution >= 4 is 23.4 Å². The van der Waals surface area contributed by atoms with Crippen LogP contribution in [0.3, 0.4) is 0 Å². The second-order valence-corrected chi connectivity index (χ2v) is 6.85. The molecular formula is C18H25ClN8. The number of hydrogen-bond donors (Lipinski definition) is 2. The number of nitrogens with zero attached hydrogens (tertiary/aromatic N) is 6. The number of pyridine rings is 1. The van der Waals surface area contributed by atoms with Crippen molar-refractivity contribution < 1.29 is 0 Å². The molecule has 27 heavy (non-hydrogen) atoms. The first-order valence-corrected chi connectivity index (χ1v) is 9.32. The molecule has 2 aromatic rings. The summed E-state index contributed by atoms with van der Waals surface area (Å²) in [6.07, 6.45) is 4.55. The molecule has 1 aliphatic rings. The summed E-state index contributed by atoms with van der Waals surface area (Å²) in [7, 11) is 1.94. The number of aromatic nitrogens is 4. The fourth-order valence-electron chi connectivity index (χ4n) is 2.93. The largest absolute Gasteiger partial charge is 0.353 e. The number of aliphatic imine (C=N–C) groups is 1. The maximum atomic E-state index is 6.27. The van der Waals surface area contributed by atoms with Crippen LogP contribution in [0, 0.1) is 6.92 Å². The van der Waals surface area contributed by atoms with E-state index in [1.165, 1.54) is 0 Å². The van der Waals surface area contributed by atoms with E-state index in [1.54, 1.807) is 12.3 Å². The molecule has 1 fully saturated rings. The Hall–Kier alpha value is -2.61. The zero-order valence-electron chi connectivity index (χ0n) is 15.7. The number of guanidine groups is 1. The van der Waals surface area contributed by atoms with Crippen molar-refractivity contribution in [2.45, 2.75) is 25.9 Å². The molecule has 2 aromatic heterocycles. The summed E-state index contributed by atoms with van der Waals surface area (Å²) >= 11 is 6.27. The molecule has 8 nitrogen and oxygen atoms in total. The number of anilines is 1. The van der Waals surface area contributed by atoms with Gasteiger partial charge in [0.1, 0.15) is 18.2 Å². The van der Waals surface area contributed by atoms with Gasteiger partial charge in [-0.1, -0.05) is 17.7 Å². The molecule has 1 unspecified atom stereocenters. The fraction of sp³-hybridized carbons (Fsp3) is 0.444. The molecule has 1 saturated heterocycles. The van der Waals surface area contributed by atoms with E-state index >= 15 is 0 Å². The predicted octanol–water partition coefficient (Wildman–Crippen LogP) is 1.67. The van der Waals surface area contributed by atoms with Crippen LogP contribution in [-0.4, -0.2) is 51.4 Å². The van der Waals surface area contributed by atoms with Gasteiger partial charge in [-0.15, -0.1) is 16.8 Å². The summed E-state index contributed by atoms with van der Waals surface area (Å²) in [4.78, 5) is 11.2. The van der Waals surface area contributed by atoms with Gasteiger partial charge in [-0.05, 0) is 25.5 Å². The van der Waals surface area contributed by atoms with Crippen LogP contribution in [0.1, 0.15) is 18.1 Å². The lowest BCUT2D eigenvalue weighted by atomic mass is 10.3. The van der Waals surface area contributed by atoms with Crippen LogP contribution in [0.2, 0.25) is 5.02 Å². The van der Waals surface area contributed by atoms with Crippen LogP contribution in [0.15, 0.2) is 36.0 Å². The van der Waals surface area contributed by atoms with Gasteiger partial charge in [-0.3, -0.25) is 0 Å². The number of rotatable bonds is 6. The Bertz CT molecular complexity index is 815. The van der Waals surface area contributed by atoms with Crippen molar-refractivity contribution in [2.75, 3.05) is 24.5 Å². The average molecular weight is 389 g/mol. The van der Waals surface area contributed by atoms with Crippen LogP contribution in [0.5, 0.6) is 0 Å². The minimum atomic E-state index is 0.250. The van der Waals surface area contributed by atoms with Crippen LogP contribution in [0.25, 0.3) is 0 Å². The molecule has 0 spiro atoms. The first-order chi connectivity index (χ1) is 13.1. The first-order valence-electron chi connectivity index (χ1n) is 8.94. The van der Waals surface area contributed by atoms with E-state index in [0.717, 1.165) is 42.9 Å². The molecule has 3 heterocycles. The summed E-state index contributed by atoms with van der Waals surface area (Å²) in [5.41, 5.74) is 0. The van der Waals surface area contributed by atoms with Gasteiger partial charge in [0, 0.05) is 38.9 Å². The normalized spacial score (nSPS) is 17.2. The standard InChI is InChI=1S/C18H25ClN8/c1-4-8-21-18(22-11-16-25-24-13(2)26(16)3)23-14-7-10-27(12-14)17-15(19)6-5-9-20-17/h4-6,9,14H,1,7-8,10-12H2,2-3H3,(H2,21,22,23). The Morgan fingerprint density at radius 3 is 3.04 bits per heavy atom. The molecule has 0 amide bonds. The maximum Gasteiger partial charge on any atom is 0.192 e. The molecule has 0 radical (unpaired) electrons. The second kappa shape index (κ2) is 8.85. The quantitative estimate of drug-likeness (QED) is 0.445. The predicted molar refractivity (Wildman–Crippen MR) is 108 cm³/mol. The molecule has 0 bridgehead atoms. The van der Waals surface area contributed by atoms with E-state index < -0.39 is 0 Å². The minimum absolute atomic E-state index is 0.250. The number of halogens is 1. The van der Waals surface area contributed by atoms with Gasteiger partial charge in [0.25, 0.3) is 0 Å². The van der Waals surface area contributed by atoms with Crippen LogP contribution >= 0.6 is 11.6 Å². The van der Waals surface area contributed by atoms with E-state index in [2.05, 4.69) is 42.3 Å². The Kier molecular flexibility index (Phi) is 6.28. The Labute approximate surface area is 164 Å². The monoisotopic (exact) mass is 388 g/mol. The molecule has 0 saturated carbocycles. The molecule has 1 atom stereocenters. The first kappa shape index (κ1) is 19.2. The molecule has 0 aliphatic carbocycles. The van der Waals surface area contributed by atoms with Gasteiger partial charge in [-0.25, -0.2) is 9.98 Å². The summed E-state index contributed by atoms with van der Waals surface area (Å²) in [5, 5.41) is 15.7. The molecular weight excluding hydrogens is 364 g/mol. The van der Waals surface area contributed by atoms with Crippen LogP contribution in [-0.2, 0) is 13.6 Å². The lowest BCUT2D eigenvalue weighted by molar-refractivity contribution is 0.648. The summed E-state index contributed by atoms with van der Waals surface area (Å²) in [6, 6.07) is 3.96. The lowest BCUT2D eigenvalue weighted by Gasteiger charge is -2.20. The molecule has 9 heteroatoms. The molecule has 0 aromatic carbocycles. The van der Waals surface area contributed by atoms with Crippen molar-refractivity contribution in [1.29, 1.82) is 0 Å². The lowest BCUT2D eigenvalue weighted by Crippen LogP contribution is -2.44. The van der Waals surface area contributed by atoms with Gasteiger partial charge in [0.15, 0.2) is 11.8 Å². The highest BCUT2D eigenvalue weighted by atomic mass is 35.5. The van der Waals surface area contributed by atoms with Gasteiger partial charge < -0.3 is 20.1 Å². The highest BCUT2D eigenvalue weighted by Gasteiger charge is 2.25. The van der Waals surface area contributed by atoms with E-state index in [4.69, 9.17) is 11.6 Å². The third-order valence-corrected chi connectivity index (χ3v) is 4.84. The van der Waals surface area contributed by atoms with Crippen molar-refractivity contribution in [3.05, 3.63) is 47.7 Å². The fourth-order valence-corrected chi connectivity index (χ4v) is 3.17. The Balaban J connectivity index is 1.64.